The van der Waals surface area contributed by atoms with Crippen molar-refractivity contribution in [3.63, 3.8) is 0 Å². The number of methoxy groups -OCH3 is 1. The third-order valence-electron chi connectivity index (χ3n) is 2.87. The van der Waals surface area contributed by atoms with Crippen molar-refractivity contribution < 1.29 is 4.74 Å². The first kappa shape index (κ1) is 17.8. The summed E-state index contributed by atoms with van der Waals surface area (Å²) in [5, 5.41) is -0.390. The van der Waals surface area contributed by atoms with Gasteiger partial charge in [-0.3, -0.25) is 0 Å². The van der Waals surface area contributed by atoms with Crippen LogP contribution in [0.4, 0.5) is 17.6 Å². The van der Waals surface area contributed by atoms with E-state index in [2.05, 4.69) is 29.9 Å². The van der Waals surface area contributed by atoms with Crippen molar-refractivity contribution in [3.8, 4) is 5.75 Å². The summed E-state index contributed by atoms with van der Waals surface area (Å²) in [5.41, 5.74) is 0.581. The van der Waals surface area contributed by atoms with Crippen LogP contribution in [0.15, 0.2) is 24.3 Å². The highest BCUT2D eigenvalue weighted by molar-refractivity contribution is 6.31. The number of nitrogens with zero attached hydrogens (tertiary/aromatic N) is 7. The first-order valence-corrected chi connectivity index (χ1v) is 8.06. The fourth-order valence-electron chi connectivity index (χ4n) is 1.88. The highest BCUT2D eigenvalue weighted by Crippen LogP contribution is 2.32. The van der Waals surface area contributed by atoms with Crippen LogP contribution in [-0.4, -0.2) is 37.0 Å². The lowest BCUT2D eigenvalue weighted by molar-refractivity contribution is 0.415. The second-order valence-corrected chi connectivity index (χ2v) is 5.73. The van der Waals surface area contributed by atoms with Gasteiger partial charge in [0.2, 0.25) is 33.0 Å². The molecule has 0 bridgehead atoms. The smallest absolute Gasteiger partial charge is 0.242 e. The maximum atomic E-state index is 5.88. The van der Waals surface area contributed by atoms with E-state index in [1.807, 2.05) is 0 Å². The molecule has 25 heavy (non-hydrogen) atoms. The van der Waals surface area contributed by atoms with E-state index >= 15 is 0 Å². The molecule has 0 aliphatic rings. The molecule has 3 aromatic rings. The van der Waals surface area contributed by atoms with Crippen LogP contribution in [0.5, 0.6) is 5.75 Å². The topological polar surface area (TPSA) is 89.8 Å². The summed E-state index contributed by atoms with van der Waals surface area (Å²) >= 11 is 23.5. The van der Waals surface area contributed by atoms with Gasteiger partial charge in [-0.05, 0) is 70.7 Å². The van der Waals surface area contributed by atoms with Gasteiger partial charge in [-0.2, -0.15) is 29.9 Å². The minimum absolute atomic E-state index is 0.0773. The lowest BCUT2D eigenvalue weighted by Crippen LogP contribution is -2.17. The maximum absolute atomic E-state index is 5.88. The number of ether oxygens (including phenoxy) is 1. The van der Waals surface area contributed by atoms with Gasteiger partial charge in [0, 0.05) is 0 Å². The van der Waals surface area contributed by atoms with E-state index < -0.39 is 0 Å². The third-order valence-corrected chi connectivity index (χ3v) is 3.54. The van der Waals surface area contributed by atoms with Gasteiger partial charge in [0.05, 0.1) is 12.8 Å². The minimum Gasteiger partial charge on any atom is -0.497 e. The van der Waals surface area contributed by atoms with Gasteiger partial charge in [0.1, 0.15) is 5.75 Å². The van der Waals surface area contributed by atoms with Gasteiger partial charge in [0.25, 0.3) is 0 Å². The molecule has 128 valence electrons. The Balaban J connectivity index is 2.19. The van der Waals surface area contributed by atoms with Crippen LogP contribution < -0.4 is 9.64 Å². The molecule has 1 aromatic carbocycles. The Morgan fingerprint density at radius 1 is 0.680 bits per heavy atom. The Morgan fingerprint density at radius 2 is 1.08 bits per heavy atom. The van der Waals surface area contributed by atoms with Gasteiger partial charge >= 0.3 is 0 Å². The monoisotopic (exact) mass is 417 g/mol. The van der Waals surface area contributed by atoms with E-state index in [0.29, 0.717) is 11.4 Å². The van der Waals surface area contributed by atoms with Crippen LogP contribution in [-0.2, 0) is 0 Å². The standard InChI is InChI=1S/C13H7Cl4N7O/c1-25-7-4-2-6(3-5-7)24(12-20-8(14)18-9(15)21-12)13-22-10(16)19-11(17)23-13/h2-5H,1H3. The zero-order valence-corrected chi connectivity index (χ0v) is 15.4. The predicted octanol–water partition coefficient (Wildman–Crippen LogP) is 4.15. The SMILES string of the molecule is COc1ccc(N(c2nc(Cl)nc(Cl)n2)c2nc(Cl)nc(Cl)n2)cc1. The van der Waals surface area contributed by atoms with E-state index in [4.69, 9.17) is 51.1 Å². The molecule has 0 saturated heterocycles. The highest BCUT2D eigenvalue weighted by Gasteiger charge is 2.21. The summed E-state index contributed by atoms with van der Waals surface area (Å²) < 4.78 is 5.15. The summed E-state index contributed by atoms with van der Waals surface area (Å²) in [6, 6.07) is 6.93. The molecule has 0 unspecified atom stereocenters. The van der Waals surface area contributed by atoms with Crippen molar-refractivity contribution in [1.29, 1.82) is 0 Å². The molecule has 0 aliphatic heterocycles. The largest absolute Gasteiger partial charge is 0.497 e. The van der Waals surface area contributed by atoms with Crippen molar-refractivity contribution in [2.24, 2.45) is 0 Å². The van der Waals surface area contributed by atoms with Gasteiger partial charge in [-0.15, -0.1) is 0 Å². The van der Waals surface area contributed by atoms with Crippen LogP contribution in [0.2, 0.25) is 21.1 Å². The number of hydrogen-bond donors (Lipinski definition) is 0. The first-order valence-electron chi connectivity index (χ1n) is 6.54. The number of halogens is 4. The summed E-state index contributed by atoms with van der Waals surface area (Å²) in [7, 11) is 1.56. The van der Waals surface area contributed by atoms with Gasteiger partial charge in [0.15, 0.2) is 0 Å². The average Bonchev–Trinajstić information content (AvgIpc) is 2.54. The Labute approximate surface area is 161 Å². The molecular weight excluding hydrogens is 412 g/mol. The lowest BCUT2D eigenvalue weighted by atomic mass is 10.3. The molecule has 3 rings (SSSR count). The normalized spacial score (nSPS) is 10.6. The molecule has 0 aliphatic carbocycles. The summed E-state index contributed by atoms with van der Waals surface area (Å²) in [6.45, 7) is 0. The zero-order valence-electron chi connectivity index (χ0n) is 12.4. The number of aromatic nitrogens is 6. The second-order valence-electron chi connectivity index (χ2n) is 4.38. The highest BCUT2D eigenvalue weighted by atomic mass is 35.5. The van der Waals surface area contributed by atoms with Crippen LogP contribution in [0, 0.1) is 0 Å². The van der Waals surface area contributed by atoms with E-state index in [9.17, 15) is 0 Å². The van der Waals surface area contributed by atoms with E-state index in [-0.39, 0.29) is 33.0 Å². The van der Waals surface area contributed by atoms with Crippen LogP contribution in [0.25, 0.3) is 0 Å². The number of rotatable bonds is 4. The molecule has 0 atom stereocenters. The molecule has 2 heterocycles. The van der Waals surface area contributed by atoms with Gasteiger partial charge in [-0.1, -0.05) is 0 Å². The van der Waals surface area contributed by atoms with Crippen molar-refractivity contribution in [1.82, 2.24) is 29.9 Å². The van der Waals surface area contributed by atoms with Crippen molar-refractivity contribution >= 4 is 64.0 Å². The zero-order chi connectivity index (χ0) is 18.0. The predicted molar refractivity (Wildman–Crippen MR) is 94.5 cm³/mol. The Hall–Kier alpha value is -2.00. The number of benzene rings is 1. The molecule has 0 saturated carbocycles. The first-order chi connectivity index (χ1) is 12.0. The fourth-order valence-corrected chi connectivity index (χ4v) is 2.59. The van der Waals surface area contributed by atoms with Crippen LogP contribution in [0.3, 0.4) is 0 Å². The average molecular weight is 419 g/mol. The molecule has 2 aromatic heterocycles. The summed E-state index contributed by atoms with van der Waals surface area (Å²) in [6.07, 6.45) is 0. The molecule has 0 N–H and O–H groups in total. The molecule has 0 radical (unpaired) electrons. The van der Waals surface area contributed by atoms with Crippen molar-refractivity contribution in [2.45, 2.75) is 0 Å². The van der Waals surface area contributed by atoms with Gasteiger partial charge < -0.3 is 4.74 Å². The maximum Gasteiger partial charge on any atom is 0.242 e. The third kappa shape index (κ3) is 4.16. The fraction of sp³-hybridized carbons (Fsp3) is 0.0769. The van der Waals surface area contributed by atoms with Gasteiger partial charge in [-0.25, -0.2) is 4.90 Å². The Bertz CT molecular complexity index is 817. The van der Waals surface area contributed by atoms with Crippen molar-refractivity contribution in [2.75, 3.05) is 12.0 Å². The molecule has 12 heteroatoms. The van der Waals surface area contributed by atoms with E-state index in [1.54, 1.807) is 31.4 Å². The second kappa shape index (κ2) is 7.49. The van der Waals surface area contributed by atoms with E-state index in [1.165, 1.54) is 4.90 Å². The molecule has 0 amide bonds. The Kier molecular flexibility index (Phi) is 5.33. The van der Waals surface area contributed by atoms with Crippen molar-refractivity contribution in [3.05, 3.63) is 45.4 Å². The molecule has 0 fully saturated rings. The lowest BCUT2D eigenvalue weighted by Gasteiger charge is -2.20. The molecular formula is C13H7Cl4N7O. The quantitative estimate of drug-likeness (QED) is 0.624. The molecule has 8 nitrogen and oxygen atoms in total. The summed E-state index contributed by atoms with van der Waals surface area (Å²) in [4.78, 5) is 25.1. The van der Waals surface area contributed by atoms with Crippen LogP contribution in [0.1, 0.15) is 0 Å². The summed E-state index contributed by atoms with van der Waals surface area (Å²) in [5.74, 6) is 0.809. The van der Waals surface area contributed by atoms with E-state index in [0.717, 1.165) is 0 Å². The van der Waals surface area contributed by atoms with Crippen LogP contribution >= 0.6 is 46.4 Å². The number of hydrogen-bond acceptors (Lipinski definition) is 8. The molecule has 0 spiro atoms. The Morgan fingerprint density at radius 3 is 1.44 bits per heavy atom. The minimum atomic E-state index is -0.0974. The number of anilines is 3.